The van der Waals surface area contributed by atoms with E-state index in [1.165, 1.54) is 0 Å². The molecule has 0 atom stereocenters. The normalized spacial score (nSPS) is 11.1. The summed E-state index contributed by atoms with van der Waals surface area (Å²) in [7, 11) is 4.04. The minimum Gasteiger partial charge on any atom is -0.476 e. The second-order valence-corrected chi connectivity index (χ2v) is 6.06. The van der Waals surface area contributed by atoms with Crippen LogP contribution in [0.4, 0.5) is 0 Å². The zero-order valence-corrected chi connectivity index (χ0v) is 13.9. The number of pyridine rings is 1. The Labute approximate surface area is 141 Å². The van der Waals surface area contributed by atoms with E-state index in [0.717, 1.165) is 40.6 Å². The van der Waals surface area contributed by atoms with Crippen molar-refractivity contribution < 1.29 is 9.90 Å². The van der Waals surface area contributed by atoms with Gasteiger partial charge in [-0.3, -0.25) is 0 Å². The Kier molecular flexibility index (Phi) is 4.58. The zero-order chi connectivity index (χ0) is 17.1. The van der Waals surface area contributed by atoms with Crippen LogP contribution in [0.15, 0.2) is 54.6 Å². The number of carbonyl (C=O) groups is 1. The minimum absolute atomic E-state index is 0.119. The monoisotopic (exact) mass is 320 g/mol. The highest BCUT2D eigenvalue weighted by Crippen LogP contribution is 2.32. The van der Waals surface area contributed by atoms with Gasteiger partial charge >= 0.3 is 5.97 Å². The number of aromatic nitrogens is 1. The Morgan fingerprint density at radius 1 is 1.04 bits per heavy atom. The van der Waals surface area contributed by atoms with E-state index in [4.69, 9.17) is 0 Å². The summed E-state index contributed by atoms with van der Waals surface area (Å²) in [6.45, 7) is 0.840. The lowest BCUT2D eigenvalue weighted by molar-refractivity contribution is 0.0691. The van der Waals surface area contributed by atoms with E-state index >= 15 is 0 Å². The first kappa shape index (κ1) is 16.1. The van der Waals surface area contributed by atoms with E-state index in [2.05, 4.69) is 9.88 Å². The molecule has 1 N–H and O–H groups in total. The van der Waals surface area contributed by atoms with E-state index in [-0.39, 0.29) is 5.69 Å². The molecule has 1 aromatic heterocycles. The van der Waals surface area contributed by atoms with Crippen LogP contribution in [-0.2, 0) is 6.42 Å². The summed E-state index contributed by atoms with van der Waals surface area (Å²) < 4.78 is 0. The third-order valence-corrected chi connectivity index (χ3v) is 4.07. The maximum atomic E-state index is 11.9. The third-order valence-electron chi connectivity index (χ3n) is 4.07. The number of carboxylic acid groups (broad SMARTS) is 1. The number of rotatable bonds is 5. The van der Waals surface area contributed by atoms with Crippen molar-refractivity contribution in [1.82, 2.24) is 9.88 Å². The Balaban J connectivity index is 2.34. The van der Waals surface area contributed by atoms with Gasteiger partial charge < -0.3 is 10.0 Å². The van der Waals surface area contributed by atoms with Gasteiger partial charge in [0.05, 0.1) is 5.52 Å². The van der Waals surface area contributed by atoms with Crippen LogP contribution in [0.25, 0.3) is 22.0 Å². The summed E-state index contributed by atoms with van der Waals surface area (Å²) in [6, 6.07) is 17.4. The van der Waals surface area contributed by atoms with Crippen LogP contribution < -0.4 is 0 Å². The second kappa shape index (κ2) is 6.81. The largest absolute Gasteiger partial charge is 0.476 e. The number of aromatic carboxylic acids is 1. The lowest BCUT2D eigenvalue weighted by Crippen LogP contribution is -2.17. The van der Waals surface area contributed by atoms with Crippen LogP contribution in [0.2, 0.25) is 0 Å². The predicted octanol–water partition coefficient (Wildman–Crippen LogP) is 3.70. The molecule has 0 bridgehead atoms. The highest BCUT2D eigenvalue weighted by Gasteiger charge is 2.20. The Hall–Kier alpha value is -2.72. The van der Waals surface area contributed by atoms with Crippen molar-refractivity contribution in [3.05, 3.63) is 65.9 Å². The fraction of sp³-hybridized carbons (Fsp3) is 0.200. The maximum Gasteiger partial charge on any atom is 0.355 e. The highest BCUT2D eigenvalue weighted by molar-refractivity contribution is 6.01. The van der Waals surface area contributed by atoms with E-state index in [9.17, 15) is 9.90 Å². The number of likely N-dealkylation sites (N-methyl/N-ethyl adjacent to an activating group) is 1. The fourth-order valence-corrected chi connectivity index (χ4v) is 2.95. The molecule has 0 aliphatic heterocycles. The van der Waals surface area contributed by atoms with Crippen molar-refractivity contribution in [3.8, 4) is 11.1 Å². The van der Waals surface area contributed by atoms with Gasteiger partial charge in [-0.1, -0.05) is 48.5 Å². The summed E-state index contributed by atoms with van der Waals surface area (Å²) in [4.78, 5) is 18.4. The molecule has 0 amide bonds. The van der Waals surface area contributed by atoms with Crippen molar-refractivity contribution >= 4 is 16.9 Å². The number of carboxylic acids is 1. The van der Waals surface area contributed by atoms with E-state index in [1.807, 2.05) is 68.7 Å². The number of nitrogens with zero attached hydrogens (tertiary/aromatic N) is 2. The average molecular weight is 320 g/mol. The first-order chi connectivity index (χ1) is 11.6. The van der Waals surface area contributed by atoms with Gasteiger partial charge in [-0.2, -0.15) is 0 Å². The van der Waals surface area contributed by atoms with Gasteiger partial charge in [0.15, 0.2) is 5.69 Å². The molecule has 1 heterocycles. The van der Waals surface area contributed by atoms with Gasteiger partial charge in [-0.25, -0.2) is 9.78 Å². The molecule has 0 saturated carbocycles. The van der Waals surface area contributed by atoms with Crippen LogP contribution in [0.3, 0.4) is 0 Å². The van der Waals surface area contributed by atoms with Crippen molar-refractivity contribution in [3.63, 3.8) is 0 Å². The predicted molar refractivity (Wildman–Crippen MR) is 96.4 cm³/mol. The number of fused-ring (bicyclic) bond motifs is 1. The Morgan fingerprint density at radius 3 is 2.38 bits per heavy atom. The number of benzene rings is 2. The highest BCUT2D eigenvalue weighted by atomic mass is 16.4. The molecule has 3 rings (SSSR count). The van der Waals surface area contributed by atoms with Crippen LogP contribution in [0, 0.1) is 0 Å². The fourth-order valence-electron chi connectivity index (χ4n) is 2.95. The first-order valence-electron chi connectivity index (χ1n) is 7.93. The van der Waals surface area contributed by atoms with Crippen LogP contribution in [-0.4, -0.2) is 41.6 Å². The SMILES string of the molecule is CN(C)CCc1c(-c2ccccc2)c(C(=O)O)nc2ccccc12. The summed E-state index contributed by atoms with van der Waals surface area (Å²) in [6.07, 6.45) is 0.764. The molecule has 0 radical (unpaired) electrons. The van der Waals surface area contributed by atoms with Crippen molar-refractivity contribution in [2.45, 2.75) is 6.42 Å². The number of hydrogen-bond acceptors (Lipinski definition) is 3. The summed E-state index contributed by atoms with van der Waals surface area (Å²) in [5, 5.41) is 10.7. The zero-order valence-electron chi connectivity index (χ0n) is 13.9. The third kappa shape index (κ3) is 3.14. The van der Waals surface area contributed by atoms with Gasteiger partial charge in [-0.05, 0) is 37.7 Å². The smallest absolute Gasteiger partial charge is 0.355 e. The van der Waals surface area contributed by atoms with Crippen molar-refractivity contribution in [1.29, 1.82) is 0 Å². The van der Waals surface area contributed by atoms with Crippen molar-refractivity contribution in [2.75, 3.05) is 20.6 Å². The Bertz CT molecular complexity index is 873. The lowest BCUT2D eigenvalue weighted by Gasteiger charge is -2.17. The molecule has 0 aliphatic carbocycles. The lowest BCUT2D eigenvalue weighted by atomic mass is 9.92. The molecular formula is C20H20N2O2. The molecular weight excluding hydrogens is 300 g/mol. The Morgan fingerprint density at radius 2 is 1.71 bits per heavy atom. The molecule has 0 unspecified atom stereocenters. The molecule has 0 saturated heterocycles. The standard InChI is InChI=1S/C20H20N2O2/c1-22(2)13-12-16-15-10-6-7-11-17(15)21-19(20(23)24)18(16)14-8-4-3-5-9-14/h3-11H,12-13H2,1-2H3,(H,23,24). The van der Waals surface area contributed by atoms with Crippen LogP contribution in [0.5, 0.6) is 0 Å². The molecule has 24 heavy (non-hydrogen) atoms. The molecule has 0 aliphatic rings. The molecule has 3 aromatic rings. The summed E-state index contributed by atoms with van der Waals surface area (Å²) in [5.74, 6) is -0.995. The summed E-state index contributed by atoms with van der Waals surface area (Å²) in [5.41, 5.74) is 3.50. The van der Waals surface area contributed by atoms with Crippen molar-refractivity contribution in [2.24, 2.45) is 0 Å². The van der Waals surface area contributed by atoms with E-state index in [0.29, 0.717) is 0 Å². The molecule has 4 nitrogen and oxygen atoms in total. The minimum atomic E-state index is -0.995. The van der Waals surface area contributed by atoms with Gasteiger partial charge in [-0.15, -0.1) is 0 Å². The molecule has 122 valence electrons. The molecule has 0 fully saturated rings. The second-order valence-electron chi connectivity index (χ2n) is 6.06. The number of para-hydroxylation sites is 1. The molecule has 2 aromatic carbocycles. The topological polar surface area (TPSA) is 53.4 Å². The summed E-state index contributed by atoms with van der Waals surface area (Å²) >= 11 is 0. The van der Waals surface area contributed by atoms with Gasteiger partial charge in [0, 0.05) is 17.5 Å². The molecule has 0 spiro atoms. The van der Waals surface area contributed by atoms with Gasteiger partial charge in [0.25, 0.3) is 0 Å². The maximum absolute atomic E-state index is 11.9. The van der Waals surface area contributed by atoms with Crippen LogP contribution >= 0.6 is 0 Å². The molecule has 4 heteroatoms. The first-order valence-corrected chi connectivity index (χ1v) is 7.93. The van der Waals surface area contributed by atoms with Gasteiger partial charge in [0.2, 0.25) is 0 Å². The van der Waals surface area contributed by atoms with Gasteiger partial charge in [0.1, 0.15) is 0 Å². The van der Waals surface area contributed by atoms with E-state index in [1.54, 1.807) is 0 Å². The average Bonchev–Trinajstić information content (AvgIpc) is 2.59. The quantitative estimate of drug-likeness (QED) is 0.779. The van der Waals surface area contributed by atoms with Crippen LogP contribution in [0.1, 0.15) is 16.1 Å². The number of hydrogen-bond donors (Lipinski definition) is 1. The van der Waals surface area contributed by atoms with E-state index < -0.39 is 5.97 Å².